The first kappa shape index (κ1) is 26.5. The number of pyridine rings is 1. The Hall–Kier alpha value is -4.06. The molecule has 0 radical (unpaired) electrons. The van der Waals surface area contributed by atoms with Crippen molar-refractivity contribution >= 4 is 23.1 Å². The van der Waals surface area contributed by atoms with Crippen molar-refractivity contribution in [2.24, 2.45) is 0 Å². The van der Waals surface area contributed by atoms with Gasteiger partial charge in [0.2, 0.25) is 11.7 Å². The van der Waals surface area contributed by atoms with Gasteiger partial charge in [0.25, 0.3) is 5.91 Å². The van der Waals surface area contributed by atoms with Crippen LogP contribution in [0.1, 0.15) is 49.1 Å². The van der Waals surface area contributed by atoms with E-state index in [0.29, 0.717) is 29.9 Å². The van der Waals surface area contributed by atoms with Crippen LogP contribution in [0.15, 0.2) is 47.9 Å². The van der Waals surface area contributed by atoms with Crippen LogP contribution in [0.3, 0.4) is 0 Å². The summed E-state index contributed by atoms with van der Waals surface area (Å²) in [6.07, 6.45) is 4.82. The second-order valence-corrected chi connectivity index (χ2v) is 10.8. The van der Waals surface area contributed by atoms with Gasteiger partial charge in [0, 0.05) is 37.2 Å². The maximum absolute atomic E-state index is 14.7. The van der Waals surface area contributed by atoms with Gasteiger partial charge in [0.15, 0.2) is 5.65 Å². The standard InChI is InChI=1S/C27H32F2N8O2/c1-16(28)23-22(33-25-20(7-6-10-37(23)25)31-19-9-11-35(5)15-18(19)29)24-32-21(39-34-24)13-30-26(38)17-8-12-36(14-17)27(2,3)4/h6-8,10,12,14,18-19,31H,1,9,11,13,15H2,2-5H3,(H,30,38)/t18-,19+/m0/s1. The smallest absolute Gasteiger partial charge is 0.253 e. The number of alkyl halides is 1. The van der Waals surface area contributed by atoms with Gasteiger partial charge in [-0.15, -0.1) is 0 Å². The molecule has 39 heavy (non-hydrogen) atoms. The third-order valence-corrected chi connectivity index (χ3v) is 6.80. The fourth-order valence-electron chi connectivity index (χ4n) is 4.64. The number of halogens is 2. The Bertz CT molecular complexity index is 1520. The Labute approximate surface area is 224 Å². The maximum Gasteiger partial charge on any atom is 0.253 e. The largest absolute Gasteiger partial charge is 0.376 e. The highest BCUT2D eigenvalue weighted by atomic mass is 19.1. The van der Waals surface area contributed by atoms with Crippen molar-refractivity contribution in [3.05, 3.63) is 60.5 Å². The summed E-state index contributed by atoms with van der Waals surface area (Å²) >= 11 is 0. The minimum absolute atomic E-state index is 0.0212. The summed E-state index contributed by atoms with van der Waals surface area (Å²) in [7, 11) is 1.89. The maximum atomic E-state index is 14.7. The molecule has 1 amide bonds. The number of aromatic nitrogens is 5. The van der Waals surface area contributed by atoms with E-state index >= 15 is 0 Å². The Morgan fingerprint density at radius 1 is 1.26 bits per heavy atom. The lowest BCUT2D eigenvalue weighted by atomic mass is 10.0. The first-order valence-corrected chi connectivity index (χ1v) is 12.8. The van der Waals surface area contributed by atoms with Gasteiger partial charge in [0.05, 0.1) is 23.8 Å². The van der Waals surface area contributed by atoms with Gasteiger partial charge in [-0.3, -0.25) is 9.20 Å². The number of carbonyl (C=O) groups excluding carboxylic acids is 1. The molecule has 1 aliphatic heterocycles. The molecule has 0 saturated carbocycles. The quantitative estimate of drug-likeness (QED) is 0.362. The van der Waals surface area contributed by atoms with E-state index < -0.39 is 18.0 Å². The molecule has 0 bridgehead atoms. The number of nitrogens with one attached hydrogen (secondary N) is 2. The number of amides is 1. The third kappa shape index (κ3) is 5.42. The Morgan fingerprint density at radius 2 is 2.05 bits per heavy atom. The van der Waals surface area contributed by atoms with E-state index in [9.17, 15) is 13.6 Å². The summed E-state index contributed by atoms with van der Waals surface area (Å²) < 4.78 is 38.2. The number of anilines is 1. The number of imidazole rings is 1. The Morgan fingerprint density at radius 3 is 2.74 bits per heavy atom. The van der Waals surface area contributed by atoms with Crippen LogP contribution in [-0.4, -0.2) is 67.3 Å². The molecule has 4 aromatic rings. The van der Waals surface area contributed by atoms with Crippen molar-refractivity contribution in [2.45, 2.75) is 51.5 Å². The van der Waals surface area contributed by atoms with Crippen LogP contribution in [-0.2, 0) is 12.1 Å². The average Bonchev–Trinajstić information content (AvgIpc) is 3.62. The molecule has 4 aromatic heterocycles. The molecule has 0 aliphatic carbocycles. The Kier molecular flexibility index (Phi) is 6.98. The lowest BCUT2D eigenvalue weighted by Gasteiger charge is -2.33. The highest BCUT2D eigenvalue weighted by Crippen LogP contribution is 2.31. The number of rotatable bonds is 7. The first-order chi connectivity index (χ1) is 18.5. The van der Waals surface area contributed by atoms with Crippen LogP contribution in [0.5, 0.6) is 0 Å². The summed E-state index contributed by atoms with van der Waals surface area (Å²) in [4.78, 5) is 23.5. The van der Waals surface area contributed by atoms with Crippen molar-refractivity contribution in [3.63, 3.8) is 0 Å². The minimum atomic E-state index is -1.06. The van der Waals surface area contributed by atoms with E-state index in [2.05, 4.69) is 32.3 Å². The molecular weight excluding hydrogens is 506 g/mol. The van der Waals surface area contributed by atoms with Crippen LogP contribution < -0.4 is 10.6 Å². The zero-order chi connectivity index (χ0) is 27.9. The molecule has 0 spiro atoms. The second kappa shape index (κ2) is 10.3. The highest BCUT2D eigenvalue weighted by Gasteiger charge is 2.29. The number of piperidine rings is 1. The van der Waals surface area contributed by atoms with Crippen molar-refractivity contribution in [1.29, 1.82) is 0 Å². The van der Waals surface area contributed by atoms with E-state index in [1.807, 2.05) is 43.5 Å². The van der Waals surface area contributed by atoms with Gasteiger partial charge in [-0.05, 0) is 52.4 Å². The summed E-state index contributed by atoms with van der Waals surface area (Å²) in [6.45, 7) is 10.7. The summed E-state index contributed by atoms with van der Waals surface area (Å²) in [6, 6.07) is 4.83. The van der Waals surface area contributed by atoms with E-state index in [4.69, 9.17) is 4.52 Å². The van der Waals surface area contributed by atoms with Gasteiger partial charge in [-0.25, -0.2) is 13.8 Å². The lowest BCUT2D eigenvalue weighted by molar-refractivity contribution is 0.0946. The van der Waals surface area contributed by atoms with Gasteiger partial charge in [0.1, 0.15) is 23.4 Å². The lowest BCUT2D eigenvalue weighted by Crippen LogP contribution is -2.46. The molecule has 2 N–H and O–H groups in total. The van der Waals surface area contributed by atoms with Gasteiger partial charge >= 0.3 is 0 Å². The number of nitrogens with zero attached hydrogens (tertiary/aromatic N) is 6. The molecule has 10 nitrogen and oxygen atoms in total. The van der Waals surface area contributed by atoms with Gasteiger partial charge < -0.3 is 24.6 Å². The molecule has 5 rings (SSSR count). The molecule has 2 atom stereocenters. The summed E-state index contributed by atoms with van der Waals surface area (Å²) in [5.74, 6) is -0.852. The number of likely N-dealkylation sites (tertiary alicyclic amines) is 1. The molecule has 0 aromatic carbocycles. The van der Waals surface area contributed by atoms with E-state index in [0.717, 1.165) is 6.54 Å². The molecule has 1 saturated heterocycles. The van der Waals surface area contributed by atoms with Gasteiger partial charge in [-0.1, -0.05) is 11.7 Å². The van der Waals surface area contributed by atoms with Crippen molar-refractivity contribution < 1.29 is 18.1 Å². The van der Waals surface area contributed by atoms with Crippen molar-refractivity contribution in [1.82, 2.24) is 34.3 Å². The topological polar surface area (TPSA) is 106 Å². The molecule has 5 heterocycles. The highest BCUT2D eigenvalue weighted by molar-refractivity contribution is 5.94. The molecule has 206 valence electrons. The molecule has 1 fully saturated rings. The van der Waals surface area contributed by atoms with Crippen molar-refractivity contribution in [2.75, 3.05) is 25.5 Å². The van der Waals surface area contributed by atoms with E-state index in [1.165, 1.54) is 4.40 Å². The predicted molar refractivity (Wildman–Crippen MR) is 144 cm³/mol. The average molecular weight is 539 g/mol. The second-order valence-electron chi connectivity index (χ2n) is 10.8. The first-order valence-electron chi connectivity index (χ1n) is 12.8. The zero-order valence-electron chi connectivity index (χ0n) is 22.4. The molecular formula is C27H32F2N8O2. The SMILES string of the molecule is C=C(F)c1c(-c2noc(CNC(=O)c3ccn(C(C)(C)C)c3)n2)nc2c(N[C@@H]3CCN(C)C[C@@H]3F)cccn12. The number of hydrogen-bond acceptors (Lipinski definition) is 7. The Balaban J connectivity index is 1.37. The van der Waals surface area contributed by atoms with Gasteiger partial charge in [-0.2, -0.15) is 4.98 Å². The van der Waals surface area contributed by atoms with Crippen LogP contribution in [0.4, 0.5) is 14.5 Å². The van der Waals surface area contributed by atoms with E-state index in [-0.39, 0.29) is 41.1 Å². The third-order valence-electron chi connectivity index (χ3n) is 6.80. The van der Waals surface area contributed by atoms with Crippen LogP contribution in [0.25, 0.3) is 23.0 Å². The minimum Gasteiger partial charge on any atom is -0.376 e. The summed E-state index contributed by atoms with van der Waals surface area (Å²) in [5, 5.41) is 9.96. The fourth-order valence-corrected chi connectivity index (χ4v) is 4.64. The van der Waals surface area contributed by atoms with Crippen LogP contribution in [0, 0.1) is 0 Å². The van der Waals surface area contributed by atoms with Crippen molar-refractivity contribution in [3.8, 4) is 11.5 Å². The number of hydrogen-bond donors (Lipinski definition) is 2. The number of fused-ring (bicyclic) bond motifs is 1. The predicted octanol–water partition coefficient (Wildman–Crippen LogP) is 4.27. The summed E-state index contributed by atoms with van der Waals surface area (Å²) in [5.41, 5.74) is 1.48. The monoisotopic (exact) mass is 538 g/mol. The fraction of sp³-hybridized carbons (Fsp3) is 0.407. The zero-order valence-corrected chi connectivity index (χ0v) is 22.4. The molecule has 0 unspecified atom stereocenters. The molecule has 12 heteroatoms. The van der Waals surface area contributed by atoms with E-state index in [1.54, 1.807) is 30.6 Å². The molecule has 1 aliphatic rings. The normalized spacial score (nSPS) is 18.4. The number of carbonyl (C=O) groups is 1. The van der Waals surface area contributed by atoms with Crippen LogP contribution in [0.2, 0.25) is 0 Å². The van der Waals surface area contributed by atoms with Crippen LogP contribution >= 0.6 is 0 Å².